The van der Waals surface area contributed by atoms with Gasteiger partial charge in [-0.2, -0.15) is 0 Å². The molecule has 2 aromatic heterocycles. The Kier molecular flexibility index (Phi) is 3.53. The Balaban J connectivity index is 1.12. The molecule has 4 saturated carbocycles. The van der Waals surface area contributed by atoms with Crippen LogP contribution in [0.1, 0.15) is 23.2 Å². The highest BCUT2D eigenvalue weighted by atomic mass is 16.3. The molecule has 4 bridgehead atoms. The Morgan fingerprint density at radius 2 is 2.00 bits per heavy atom. The van der Waals surface area contributed by atoms with Crippen molar-refractivity contribution in [1.82, 2.24) is 20.6 Å². The number of fused-ring (bicyclic) bond motifs is 1. The molecule has 4 unspecified atom stereocenters. The molecule has 4 N–H and O–H groups in total. The van der Waals surface area contributed by atoms with Crippen molar-refractivity contribution in [2.75, 3.05) is 13.1 Å². The molecule has 2 amide bonds. The molecule has 4 fully saturated rings. The number of aliphatic hydroxyl groups is 1. The molecule has 136 valence electrons. The van der Waals surface area contributed by atoms with Gasteiger partial charge in [-0.25, -0.2) is 4.98 Å². The number of rotatable bonds is 6. The second-order valence-electron chi connectivity index (χ2n) is 7.87. The van der Waals surface area contributed by atoms with Gasteiger partial charge in [-0.3, -0.25) is 9.59 Å². The Bertz CT molecular complexity index is 865. The van der Waals surface area contributed by atoms with Gasteiger partial charge >= 0.3 is 0 Å². The average Bonchev–Trinajstić information content (AvgIpc) is 3.20. The van der Waals surface area contributed by atoms with Crippen molar-refractivity contribution < 1.29 is 14.7 Å². The molecule has 0 aromatic carbocycles. The van der Waals surface area contributed by atoms with E-state index in [9.17, 15) is 14.7 Å². The summed E-state index contributed by atoms with van der Waals surface area (Å²) in [5, 5.41) is 16.5. The highest BCUT2D eigenvalue weighted by molar-refractivity contribution is 6.05. The number of hydrogen-bond donors (Lipinski definition) is 4. The molecule has 0 saturated heterocycles. The smallest absolute Gasteiger partial charge is 0.252 e. The van der Waals surface area contributed by atoms with Gasteiger partial charge in [0.25, 0.3) is 5.91 Å². The van der Waals surface area contributed by atoms with Crippen LogP contribution in [0, 0.1) is 29.6 Å². The van der Waals surface area contributed by atoms with E-state index in [1.807, 2.05) is 0 Å². The van der Waals surface area contributed by atoms with Crippen LogP contribution in [0.5, 0.6) is 0 Å². The molecule has 4 aliphatic rings. The highest BCUT2D eigenvalue weighted by Gasteiger charge is 2.70. The second-order valence-corrected chi connectivity index (χ2v) is 7.87. The van der Waals surface area contributed by atoms with Crippen molar-refractivity contribution >= 4 is 22.8 Å². The number of aromatic amines is 1. The first kappa shape index (κ1) is 15.8. The van der Waals surface area contributed by atoms with E-state index in [-0.39, 0.29) is 30.8 Å². The summed E-state index contributed by atoms with van der Waals surface area (Å²) in [7, 11) is 0. The van der Waals surface area contributed by atoms with Crippen LogP contribution >= 0.6 is 0 Å². The minimum absolute atomic E-state index is 0.0797. The van der Waals surface area contributed by atoms with Crippen LogP contribution in [0.3, 0.4) is 0 Å². The minimum atomic E-state index is -0.808. The van der Waals surface area contributed by atoms with E-state index in [4.69, 9.17) is 0 Å². The molecule has 4 atom stereocenters. The van der Waals surface area contributed by atoms with Crippen molar-refractivity contribution in [3.8, 4) is 0 Å². The van der Waals surface area contributed by atoms with Crippen molar-refractivity contribution in [3.05, 3.63) is 30.1 Å². The number of aliphatic hydroxyl groups excluding tert-OH is 1. The molecule has 0 aliphatic heterocycles. The molecule has 7 heteroatoms. The Morgan fingerprint density at radius 3 is 2.73 bits per heavy atom. The maximum Gasteiger partial charge on any atom is 0.252 e. The lowest BCUT2D eigenvalue weighted by Crippen LogP contribution is -2.42. The highest BCUT2D eigenvalue weighted by Crippen LogP contribution is 2.73. The molecule has 2 heterocycles. The topological polar surface area (TPSA) is 107 Å². The van der Waals surface area contributed by atoms with Gasteiger partial charge in [0.1, 0.15) is 5.65 Å². The van der Waals surface area contributed by atoms with Gasteiger partial charge in [0.15, 0.2) is 0 Å². The molecule has 0 radical (unpaired) electrons. The van der Waals surface area contributed by atoms with Gasteiger partial charge in [-0.1, -0.05) is 0 Å². The Labute approximate surface area is 150 Å². The third-order valence-corrected chi connectivity index (χ3v) is 6.49. The summed E-state index contributed by atoms with van der Waals surface area (Å²) in [6.45, 7) is 0.260. The number of nitrogens with zero attached hydrogens (tertiary/aromatic N) is 1. The van der Waals surface area contributed by atoms with Gasteiger partial charge in [-0.05, 0) is 48.6 Å². The third kappa shape index (κ3) is 2.41. The summed E-state index contributed by atoms with van der Waals surface area (Å²) >= 11 is 0. The molecule has 0 spiro atoms. The van der Waals surface area contributed by atoms with Gasteiger partial charge in [0.05, 0.1) is 11.7 Å². The number of pyridine rings is 1. The van der Waals surface area contributed by atoms with Crippen molar-refractivity contribution in [2.45, 2.75) is 18.9 Å². The second kappa shape index (κ2) is 5.81. The molecule has 2 aromatic rings. The fraction of sp³-hybridized carbons (Fsp3) is 0.526. The Morgan fingerprint density at radius 1 is 1.23 bits per heavy atom. The zero-order chi connectivity index (χ0) is 17.8. The molecular formula is C19H22N4O3. The number of nitrogens with one attached hydrogen (secondary N) is 3. The fourth-order valence-electron chi connectivity index (χ4n) is 5.34. The van der Waals surface area contributed by atoms with Gasteiger partial charge in [0.2, 0.25) is 5.91 Å². The van der Waals surface area contributed by atoms with Gasteiger partial charge in [-0.15, -0.1) is 0 Å². The number of carbonyl (C=O) groups excluding carboxylic acids is 2. The predicted octanol–water partition coefficient (Wildman–Crippen LogP) is 0.672. The molecular weight excluding hydrogens is 332 g/mol. The van der Waals surface area contributed by atoms with Crippen LogP contribution in [0.25, 0.3) is 11.0 Å². The van der Waals surface area contributed by atoms with E-state index in [1.54, 1.807) is 24.5 Å². The number of amides is 2. The summed E-state index contributed by atoms with van der Waals surface area (Å²) in [5.74, 6) is 2.73. The van der Waals surface area contributed by atoms with Gasteiger partial charge < -0.3 is 20.7 Å². The standard InChI is InChI=1S/C19H22N4O3/c24-10(8-23-19(26)15-9-5-13-14(6-9)16(13)15)7-22-18(25)12-2-4-21-17-11(12)1-3-20-17/h1-4,9-10,13-16,24H,5-8H2,(H,20,21)(H,22,25)(H,23,26). The minimum Gasteiger partial charge on any atom is -0.389 e. The summed E-state index contributed by atoms with van der Waals surface area (Å²) < 4.78 is 0. The van der Waals surface area contributed by atoms with E-state index in [2.05, 4.69) is 20.6 Å². The van der Waals surface area contributed by atoms with Crippen LogP contribution in [-0.4, -0.2) is 46.1 Å². The van der Waals surface area contributed by atoms with Gasteiger partial charge in [0, 0.05) is 36.8 Å². The largest absolute Gasteiger partial charge is 0.389 e. The van der Waals surface area contributed by atoms with Crippen molar-refractivity contribution in [1.29, 1.82) is 0 Å². The first-order chi connectivity index (χ1) is 12.6. The van der Waals surface area contributed by atoms with E-state index in [0.29, 0.717) is 23.0 Å². The summed E-state index contributed by atoms with van der Waals surface area (Å²) in [5.41, 5.74) is 1.16. The monoisotopic (exact) mass is 354 g/mol. The summed E-state index contributed by atoms with van der Waals surface area (Å²) in [6, 6.07) is 3.45. The van der Waals surface area contributed by atoms with Crippen LogP contribution in [0.4, 0.5) is 0 Å². The molecule has 7 nitrogen and oxygen atoms in total. The molecule has 4 aliphatic carbocycles. The lowest BCUT2D eigenvalue weighted by atomic mass is 9.97. The Hall–Kier alpha value is -2.41. The van der Waals surface area contributed by atoms with E-state index in [0.717, 1.165) is 17.2 Å². The van der Waals surface area contributed by atoms with Crippen LogP contribution in [0.2, 0.25) is 0 Å². The lowest BCUT2D eigenvalue weighted by Gasteiger charge is -2.17. The predicted molar refractivity (Wildman–Crippen MR) is 94.1 cm³/mol. The maximum absolute atomic E-state index is 12.4. The number of aromatic nitrogens is 2. The van der Waals surface area contributed by atoms with Crippen molar-refractivity contribution in [3.63, 3.8) is 0 Å². The maximum atomic E-state index is 12.4. The number of carbonyl (C=O) groups is 2. The first-order valence-corrected chi connectivity index (χ1v) is 9.29. The lowest BCUT2D eigenvalue weighted by molar-refractivity contribution is -0.126. The first-order valence-electron chi connectivity index (χ1n) is 9.29. The zero-order valence-corrected chi connectivity index (χ0v) is 14.3. The third-order valence-electron chi connectivity index (χ3n) is 6.49. The molecule has 6 rings (SSSR count). The van der Waals surface area contributed by atoms with Crippen LogP contribution < -0.4 is 10.6 Å². The van der Waals surface area contributed by atoms with E-state index < -0.39 is 6.10 Å². The average molecular weight is 354 g/mol. The van der Waals surface area contributed by atoms with Crippen LogP contribution in [-0.2, 0) is 4.79 Å². The number of H-pyrrole nitrogens is 1. The van der Waals surface area contributed by atoms with E-state index >= 15 is 0 Å². The molecule has 26 heavy (non-hydrogen) atoms. The normalized spacial score (nSPS) is 31.8. The van der Waals surface area contributed by atoms with Crippen LogP contribution in [0.15, 0.2) is 24.5 Å². The quantitative estimate of drug-likeness (QED) is 0.612. The SMILES string of the molecule is O=C(NCC(O)CNC(=O)C1C2CC3C(C2)C31)c1ccnc2[nH]ccc12. The summed E-state index contributed by atoms with van der Waals surface area (Å²) in [4.78, 5) is 31.9. The number of hydrogen-bond acceptors (Lipinski definition) is 4. The fourth-order valence-corrected chi connectivity index (χ4v) is 5.34. The summed E-state index contributed by atoms with van der Waals surface area (Å²) in [6.07, 6.45) is 4.92. The zero-order valence-electron chi connectivity index (χ0n) is 14.3. The van der Waals surface area contributed by atoms with Crippen molar-refractivity contribution in [2.24, 2.45) is 29.6 Å². The van der Waals surface area contributed by atoms with E-state index in [1.165, 1.54) is 12.8 Å².